The molecule has 0 aromatic carbocycles. The first-order valence-corrected chi connectivity index (χ1v) is 5.88. The first-order chi connectivity index (χ1) is 8.99. The molecule has 0 aliphatic carbocycles. The van der Waals surface area contributed by atoms with Gasteiger partial charge in [-0.25, -0.2) is 4.98 Å². The van der Waals surface area contributed by atoms with E-state index in [0.717, 1.165) is 0 Å². The molecule has 0 aliphatic rings. The van der Waals surface area contributed by atoms with Crippen LogP contribution in [0.5, 0.6) is 0 Å². The Hall–Kier alpha value is -2.38. The first-order valence-electron chi connectivity index (χ1n) is 5.88. The second-order valence-electron chi connectivity index (χ2n) is 5.52. The lowest BCUT2D eigenvalue weighted by atomic mass is 9.74. The van der Waals surface area contributed by atoms with E-state index in [9.17, 15) is 24.8 Å². The third kappa shape index (κ3) is 2.79. The van der Waals surface area contributed by atoms with Gasteiger partial charge in [-0.1, -0.05) is 0 Å². The van der Waals surface area contributed by atoms with Crippen molar-refractivity contribution in [2.45, 2.75) is 33.2 Å². The van der Waals surface area contributed by atoms with Crippen molar-refractivity contribution in [2.24, 2.45) is 5.41 Å². The predicted octanol–water partition coefficient (Wildman–Crippen LogP) is 1.54. The fourth-order valence-corrected chi connectivity index (χ4v) is 1.40. The van der Waals surface area contributed by atoms with Gasteiger partial charge in [-0.3, -0.25) is 9.59 Å². The largest absolute Gasteiger partial charge is 0.481 e. The van der Waals surface area contributed by atoms with Crippen LogP contribution in [0.3, 0.4) is 0 Å². The minimum absolute atomic E-state index is 0.00552. The summed E-state index contributed by atoms with van der Waals surface area (Å²) >= 11 is 0. The van der Waals surface area contributed by atoms with Gasteiger partial charge in [0.05, 0.1) is 11.0 Å². The molecule has 0 saturated carbocycles. The van der Waals surface area contributed by atoms with E-state index in [0.29, 0.717) is 0 Å². The lowest BCUT2D eigenvalue weighted by molar-refractivity contribution is -0.389. The summed E-state index contributed by atoms with van der Waals surface area (Å²) in [5, 5.41) is 22.3. The number of hydrogen-bond acceptors (Lipinski definition) is 4. The molecular weight excluding hydrogens is 266 g/mol. The number of aromatic amines is 1. The molecular formula is C12H17N3O5. The number of aliphatic carboxylic acids is 1. The number of carbonyl (C=O) groups is 2. The van der Waals surface area contributed by atoms with Crippen molar-refractivity contribution in [3.8, 4) is 0 Å². The van der Waals surface area contributed by atoms with E-state index in [2.05, 4.69) is 10.3 Å². The zero-order valence-corrected chi connectivity index (χ0v) is 11.7. The Morgan fingerprint density at radius 2 is 1.85 bits per heavy atom. The maximum Gasteiger partial charge on any atom is 0.321 e. The van der Waals surface area contributed by atoms with Crippen LogP contribution in [0.4, 0.5) is 5.82 Å². The van der Waals surface area contributed by atoms with Gasteiger partial charge in [0.2, 0.25) is 0 Å². The van der Waals surface area contributed by atoms with Crippen molar-refractivity contribution in [1.29, 1.82) is 0 Å². The highest BCUT2D eigenvalue weighted by Crippen LogP contribution is 2.31. The minimum atomic E-state index is -1.21. The molecule has 110 valence electrons. The van der Waals surface area contributed by atoms with Gasteiger partial charge in [-0.15, -0.1) is 0 Å². The van der Waals surface area contributed by atoms with Crippen LogP contribution in [0.2, 0.25) is 0 Å². The summed E-state index contributed by atoms with van der Waals surface area (Å²) in [6, 6.07) is 2.45. The SMILES string of the molecule is CC(C)(NC(=O)c1ccc([N+](=O)[O-])[nH]1)C(C)(C)C(=O)O. The number of H-pyrrole nitrogens is 1. The molecule has 8 nitrogen and oxygen atoms in total. The smallest absolute Gasteiger partial charge is 0.321 e. The average Bonchev–Trinajstić information content (AvgIpc) is 2.77. The van der Waals surface area contributed by atoms with Crippen molar-refractivity contribution >= 4 is 17.7 Å². The Balaban J connectivity index is 2.94. The topological polar surface area (TPSA) is 125 Å². The van der Waals surface area contributed by atoms with Gasteiger partial charge in [0.1, 0.15) is 0 Å². The molecule has 0 spiro atoms. The molecule has 1 heterocycles. The Morgan fingerprint density at radius 1 is 1.30 bits per heavy atom. The number of aromatic nitrogens is 1. The van der Waals surface area contributed by atoms with Crippen molar-refractivity contribution < 1.29 is 19.6 Å². The number of hydrogen-bond donors (Lipinski definition) is 3. The fraction of sp³-hybridized carbons (Fsp3) is 0.500. The van der Waals surface area contributed by atoms with Crippen LogP contribution in [0, 0.1) is 15.5 Å². The number of carboxylic acid groups (broad SMARTS) is 1. The van der Waals surface area contributed by atoms with E-state index in [-0.39, 0.29) is 11.5 Å². The van der Waals surface area contributed by atoms with E-state index in [4.69, 9.17) is 0 Å². The summed E-state index contributed by atoms with van der Waals surface area (Å²) in [7, 11) is 0. The molecule has 1 rings (SSSR count). The second kappa shape index (κ2) is 4.95. The van der Waals surface area contributed by atoms with Crippen molar-refractivity contribution in [2.75, 3.05) is 0 Å². The number of rotatable bonds is 5. The second-order valence-corrected chi connectivity index (χ2v) is 5.52. The van der Waals surface area contributed by atoms with Gasteiger partial charge in [0.25, 0.3) is 5.91 Å². The highest BCUT2D eigenvalue weighted by molar-refractivity contribution is 5.94. The van der Waals surface area contributed by atoms with E-state index in [1.165, 1.54) is 26.0 Å². The summed E-state index contributed by atoms with van der Waals surface area (Å²) in [6.07, 6.45) is 0. The Labute approximate surface area is 115 Å². The van der Waals surface area contributed by atoms with Gasteiger partial charge >= 0.3 is 11.8 Å². The quantitative estimate of drug-likeness (QED) is 0.558. The Kier molecular flexibility index (Phi) is 3.88. The van der Waals surface area contributed by atoms with E-state index in [1.54, 1.807) is 13.8 Å². The van der Waals surface area contributed by atoms with Gasteiger partial charge in [0, 0.05) is 6.07 Å². The molecule has 0 atom stereocenters. The molecule has 0 fully saturated rings. The molecule has 0 radical (unpaired) electrons. The number of nitrogens with one attached hydrogen (secondary N) is 2. The molecule has 0 bridgehead atoms. The highest BCUT2D eigenvalue weighted by Gasteiger charge is 2.44. The molecule has 20 heavy (non-hydrogen) atoms. The summed E-state index contributed by atoms with van der Waals surface area (Å²) in [5.41, 5.74) is -2.25. The predicted molar refractivity (Wildman–Crippen MR) is 70.4 cm³/mol. The van der Waals surface area contributed by atoms with E-state index in [1.807, 2.05) is 0 Å². The number of nitrogens with zero attached hydrogens (tertiary/aromatic N) is 1. The number of carbonyl (C=O) groups excluding carboxylic acids is 1. The Bertz CT molecular complexity index is 559. The lowest BCUT2D eigenvalue weighted by Crippen LogP contribution is -2.57. The van der Waals surface area contributed by atoms with Crippen LogP contribution in [-0.4, -0.2) is 32.4 Å². The van der Waals surface area contributed by atoms with Crippen molar-refractivity contribution in [3.63, 3.8) is 0 Å². The zero-order valence-electron chi connectivity index (χ0n) is 11.7. The molecule has 1 aromatic rings. The summed E-state index contributed by atoms with van der Waals surface area (Å²) in [6.45, 7) is 6.15. The van der Waals surface area contributed by atoms with Gasteiger partial charge < -0.3 is 20.5 Å². The van der Waals surface area contributed by atoms with Crippen LogP contribution in [-0.2, 0) is 4.79 Å². The zero-order chi connectivity index (χ0) is 15.7. The van der Waals surface area contributed by atoms with E-state index >= 15 is 0 Å². The summed E-state index contributed by atoms with van der Waals surface area (Å²) in [5.74, 6) is -1.96. The number of nitro groups is 1. The van der Waals surface area contributed by atoms with Crippen LogP contribution in [0.25, 0.3) is 0 Å². The van der Waals surface area contributed by atoms with Crippen molar-refractivity contribution in [1.82, 2.24) is 10.3 Å². The molecule has 1 aromatic heterocycles. The molecule has 0 saturated heterocycles. The monoisotopic (exact) mass is 283 g/mol. The van der Waals surface area contributed by atoms with Crippen LogP contribution in [0.1, 0.15) is 38.2 Å². The fourth-order valence-electron chi connectivity index (χ4n) is 1.40. The Morgan fingerprint density at radius 3 is 2.25 bits per heavy atom. The van der Waals surface area contributed by atoms with Gasteiger partial charge in [0.15, 0.2) is 5.69 Å². The van der Waals surface area contributed by atoms with Gasteiger partial charge in [-0.2, -0.15) is 0 Å². The summed E-state index contributed by atoms with van der Waals surface area (Å²) in [4.78, 5) is 35.5. The van der Waals surface area contributed by atoms with Crippen LogP contribution < -0.4 is 5.32 Å². The molecule has 0 unspecified atom stereocenters. The number of amides is 1. The lowest BCUT2D eigenvalue weighted by Gasteiger charge is -2.38. The third-order valence-corrected chi connectivity index (χ3v) is 3.64. The minimum Gasteiger partial charge on any atom is -0.481 e. The normalized spacial score (nSPS) is 12.0. The third-order valence-electron chi connectivity index (χ3n) is 3.64. The summed E-state index contributed by atoms with van der Waals surface area (Å²) < 4.78 is 0. The number of carboxylic acids is 1. The maximum atomic E-state index is 12.0. The maximum absolute atomic E-state index is 12.0. The molecule has 8 heteroatoms. The van der Waals surface area contributed by atoms with Crippen molar-refractivity contribution in [3.05, 3.63) is 27.9 Å². The average molecular weight is 283 g/mol. The first kappa shape index (κ1) is 15.7. The molecule has 0 aliphatic heterocycles. The van der Waals surface area contributed by atoms with Crippen LogP contribution >= 0.6 is 0 Å². The standard InChI is InChI=1S/C12H17N3O5/c1-11(2,10(17)18)12(3,4)14-9(16)7-5-6-8(13-7)15(19)20/h5-6,13H,1-4H3,(H,14,16)(H,17,18). The van der Waals surface area contributed by atoms with Gasteiger partial charge in [-0.05, 0) is 38.7 Å². The molecule has 1 amide bonds. The van der Waals surface area contributed by atoms with Crippen LogP contribution in [0.15, 0.2) is 12.1 Å². The highest BCUT2D eigenvalue weighted by atomic mass is 16.6. The molecule has 3 N–H and O–H groups in total. The van der Waals surface area contributed by atoms with E-state index < -0.39 is 27.8 Å².